The van der Waals surface area contributed by atoms with Crippen molar-refractivity contribution in [3.05, 3.63) is 151 Å². The van der Waals surface area contributed by atoms with Crippen molar-refractivity contribution < 1.29 is 8.83 Å². The van der Waals surface area contributed by atoms with Crippen LogP contribution in [0.4, 0.5) is 0 Å². The topological polar surface area (TPSA) is 78.8 Å². The summed E-state index contributed by atoms with van der Waals surface area (Å²) in [5.74, 6) is 0. The molecule has 7 aromatic carbocycles. The maximum Gasteiger partial charge on any atom is 0.136 e. The van der Waals surface area contributed by atoms with Gasteiger partial charge in [0.2, 0.25) is 0 Å². The molecule has 0 aliphatic rings. The van der Waals surface area contributed by atoms with Gasteiger partial charge in [0.15, 0.2) is 0 Å². The fraction of sp³-hybridized carbons (Fsp3) is 0. The lowest BCUT2D eigenvalue weighted by Gasteiger charge is -2.16. The first kappa shape index (κ1) is 27.1. The van der Waals surface area contributed by atoms with Crippen LogP contribution in [-0.4, -0.2) is 4.57 Å². The molecule has 0 saturated carbocycles. The largest absolute Gasteiger partial charge is 0.456 e. The molecule has 0 atom stereocenters. The van der Waals surface area contributed by atoms with Crippen molar-refractivity contribution in [3.8, 4) is 40.1 Å². The highest BCUT2D eigenvalue weighted by Gasteiger charge is 2.20. The van der Waals surface area contributed by atoms with Gasteiger partial charge in [0.05, 0.1) is 33.9 Å². The van der Waals surface area contributed by atoms with Crippen LogP contribution in [0.1, 0.15) is 11.1 Å². The van der Waals surface area contributed by atoms with Gasteiger partial charge >= 0.3 is 0 Å². The summed E-state index contributed by atoms with van der Waals surface area (Å²) in [6, 6.07) is 51.4. The van der Waals surface area contributed by atoms with Crippen molar-refractivity contribution in [2.24, 2.45) is 0 Å². The Balaban J connectivity index is 1.18. The van der Waals surface area contributed by atoms with Gasteiger partial charge in [-0.3, -0.25) is 0 Å². The van der Waals surface area contributed by atoms with E-state index in [0.717, 1.165) is 93.6 Å². The first-order valence-electron chi connectivity index (χ1n) is 16.0. The van der Waals surface area contributed by atoms with Crippen molar-refractivity contribution in [3.63, 3.8) is 0 Å². The molecule has 0 saturated heterocycles. The van der Waals surface area contributed by atoms with Crippen molar-refractivity contribution in [2.75, 3.05) is 0 Å². The van der Waals surface area contributed by atoms with Gasteiger partial charge in [-0.1, -0.05) is 78.9 Å². The minimum Gasteiger partial charge on any atom is -0.456 e. The van der Waals surface area contributed by atoms with E-state index in [2.05, 4.69) is 89.5 Å². The van der Waals surface area contributed by atoms with E-state index < -0.39 is 0 Å². The quantitative estimate of drug-likeness (QED) is 0.196. The van der Waals surface area contributed by atoms with Gasteiger partial charge in [0, 0.05) is 37.9 Å². The lowest BCUT2D eigenvalue weighted by Crippen LogP contribution is -2.00. The molecule has 10 rings (SSSR count). The summed E-state index contributed by atoms with van der Waals surface area (Å²) in [5, 5.41) is 26.2. The Morgan fingerprint density at radius 1 is 0.408 bits per heavy atom. The molecular weight excluding hydrogens is 603 g/mol. The molecule has 5 heteroatoms. The molecule has 3 heterocycles. The number of hydrogen-bond acceptors (Lipinski definition) is 4. The standard InChI is InChI=1S/C44H23N3O2/c45-24-28-8-1-2-10-30(28)26-16-18-40-34(20-26)36-22-43-37(23-42(36)48-40)35-21-27(17-19-41(35)49-43)31-13-7-9-29(25-46)44(31)47-38-14-5-3-11-32(38)33-12-4-6-15-39(33)47/h1-23H. The lowest BCUT2D eigenvalue weighted by molar-refractivity contribution is 0.664. The van der Waals surface area contributed by atoms with E-state index in [9.17, 15) is 10.5 Å². The molecule has 0 bridgehead atoms. The number of benzene rings is 7. The molecule has 0 N–H and O–H groups in total. The van der Waals surface area contributed by atoms with Crippen molar-refractivity contribution in [2.45, 2.75) is 0 Å². The van der Waals surface area contributed by atoms with Gasteiger partial charge in [-0.2, -0.15) is 10.5 Å². The predicted octanol–water partition coefficient (Wildman–Crippen LogP) is 11.7. The van der Waals surface area contributed by atoms with E-state index in [4.69, 9.17) is 8.83 Å². The summed E-state index contributed by atoms with van der Waals surface area (Å²) >= 11 is 0. The Labute approximate surface area is 279 Å². The van der Waals surface area contributed by atoms with E-state index in [0.29, 0.717) is 11.1 Å². The van der Waals surface area contributed by atoms with Crippen molar-refractivity contribution in [1.82, 2.24) is 4.57 Å². The molecule has 0 unspecified atom stereocenters. The van der Waals surface area contributed by atoms with E-state index in [1.165, 1.54) is 0 Å². The zero-order valence-corrected chi connectivity index (χ0v) is 25.9. The van der Waals surface area contributed by atoms with Crippen LogP contribution < -0.4 is 0 Å². The van der Waals surface area contributed by atoms with E-state index in [1.54, 1.807) is 0 Å². The Kier molecular flexibility index (Phi) is 5.64. The maximum absolute atomic E-state index is 10.4. The Bertz CT molecular complexity index is 3030. The monoisotopic (exact) mass is 625 g/mol. The number of rotatable bonds is 3. The molecular formula is C44H23N3O2. The average Bonchev–Trinajstić information content (AvgIpc) is 3.81. The third kappa shape index (κ3) is 3.91. The molecule has 0 spiro atoms. The normalized spacial score (nSPS) is 11.6. The Morgan fingerprint density at radius 2 is 0.898 bits per heavy atom. The van der Waals surface area contributed by atoms with Crippen LogP contribution in [0.15, 0.2) is 148 Å². The van der Waals surface area contributed by atoms with Gasteiger partial charge in [-0.15, -0.1) is 0 Å². The molecule has 10 aromatic rings. The molecule has 5 nitrogen and oxygen atoms in total. The molecule has 0 aliphatic carbocycles. The second kappa shape index (κ2) is 10.2. The van der Waals surface area contributed by atoms with Crippen LogP contribution in [0.25, 0.3) is 93.6 Å². The number of para-hydroxylation sites is 3. The van der Waals surface area contributed by atoms with Gasteiger partial charge in [0.25, 0.3) is 0 Å². The third-order valence-electron chi connectivity index (χ3n) is 9.69. The number of aromatic nitrogens is 1. The van der Waals surface area contributed by atoms with Crippen molar-refractivity contribution in [1.29, 1.82) is 10.5 Å². The number of nitrogens with zero attached hydrogens (tertiary/aromatic N) is 3. The maximum atomic E-state index is 10.4. The highest BCUT2D eigenvalue weighted by molar-refractivity contribution is 6.16. The van der Waals surface area contributed by atoms with Crippen LogP contribution in [0.2, 0.25) is 0 Å². The average molecular weight is 626 g/mol. The number of nitriles is 2. The molecule has 0 aliphatic heterocycles. The second-order valence-electron chi connectivity index (χ2n) is 12.3. The fourth-order valence-electron chi connectivity index (χ4n) is 7.48. The highest BCUT2D eigenvalue weighted by Crippen LogP contribution is 2.42. The number of furan rings is 2. The summed E-state index contributed by atoms with van der Waals surface area (Å²) in [4.78, 5) is 0. The molecule has 3 aromatic heterocycles. The summed E-state index contributed by atoms with van der Waals surface area (Å²) in [6.45, 7) is 0. The molecule has 226 valence electrons. The predicted molar refractivity (Wildman–Crippen MR) is 196 cm³/mol. The summed E-state index contributed by atoms with van der Waals surface area (Å²) in [6.07, 6.45) is 0. The smallest absolute Gasteiger partial charge is 0.136 e. The minimum atomic E-state index is 0.599. The van der Waals surface area contributed by atoms with Gasteiger partial charge in [-0.25, -0.2) is 0 Å². The molecule has 0 fully saturated rings. The third-order valence-corrected chi connectivity index (χ3v) is 9.69. The summed E-state index contributed by atoms with van der Waals surface area (Å²) < 4.78 is 15.0. The van der Waals surface area contributed by atoms with Crippen LogP contribution >= 0.6 is 0 Å². The van der Waals surface area contributed by atoms with Gasteiger partial charge in [0.1, 0.15) is 28.4 Å². The first-order valence-corrected chi connectivity index (χ1v) is 16.0. The minimum absolute atomic E-state index is 0.599. The van der Waals surface area contributed by atoms with E-state index in [-0.39, 0.29) is 0 Å². The van der Waals surface area contributed by atoms with Crippen molar-refractivity contribution >= 4 is 65.7 Å². The highest BCUT2D eigenvalue weighted by atomic mass is 16.3. The van der Waals surface area contributed by atoms with E-state index in [1.807, 2.05) is 66.7 Å². The molecule has 49 heavy (non-hydrogen) atoms. The molecule has 0 radical (unpaired) electrons. The SMILES string of the molecule is N#Cc1ccccc1-c1ccc2oc3cc4c(cc3c2c1)oc1ccc(-c2cccc(C#N)c2-n2c3ccccc3c3ccccc32)cc14. The van der Waals surface area contributed by atoms with Crippen LogP contribution in [0.3, 0.4) is 0 Å². The van der Waals surface area contributed by atoms with Crippen LogP contribution in [0, 0.1) is 22.7 Å². The van der Waals surface area contributed by atoms with E-state index >= 15 is 0 Å². The summed E-state index contributed by atoms with van der Waals surface area (Å²) in [5.41, 5.74) is 11.0. The Morgan fingerprint density at radius 3 is 1.51 bits per heavy atom. The summed E-state index contributed by atoms with van der Waals surface area (Å²) in [7, 11) is 0. The van der Waals surface area contributed by atoms with Crippen LogP contribution in [-0.2, 0) is 0 Å². The fourth-order valence-corrected chi connectivity index (χ4v) is 7.48. The second-order valence-corrected chi connectivity index (χ2v) is 12.3. The Hall–Kier alpha value is -7.08. The first-order chi connectivity index (χ1) is 24.2. The lowest BCUT2D eigenvalue weighted by atomic mass is 9.97. The zero-order valence-electron chi connectivity index (χ0n) is 25.9. The molecule has 0 amide bonds. The zero-order chi connectivity index (χ0) is 32.6. The number of hydrogen-bond donors (Lipinski definition) is 0. The van der Waals surface area contributed by atoms with Gasteiger partial charge in [-0.05, 0) is 77.4 Å². The van der Waals surface area contributed by atoms with Crippen LogP contribution in [0.5, 0.6) is 0 Å². The number of fused-ring (bicyclic) bond motifs is 9. The van der Waals surface area contributed by atoms with Gasteiger partial charge < -0.3 is 13.4 Å².